The van der Waals surface area contributed by atoms with E-state index < -0.39 is 5.97 Å². The van der Waals surface area contributed by atoms with Crippen molar-refractivity contribution in [1.82, 2.24) is 0 Å². The molecule has 0 saturated carbocycles. The fourth-order valence-electron chi connectivity index (χ4n) is 1.76. The second kappa shape index (κ2) is 5.54. The van der Waals surface area contributed by atoms with Crippen LogP contribution in [-0.2, 0) is 17.6 Å². The van der Waals surface area contributed by atoms with Crippen LogP contribution in [0.4, 0.5) is 0 Å². The minimum atomic E-state index is -0.774. The number of aryl methyl sites for hydroxylation is 1. The molecular weight excluding hydrogens is 204 g/mol. The lowest BCUT2D eigenvalue weighted by molar-refractivity contribution is -0.141. The van der Waals surface area contributed by atoms with Crippen LogP contribution < -0.4 is 4.74 Å². The smallest absolute Gasteiger partial charge is 0.306 e. The molecule has 0 aliphatic rings. The fraction of sp³-hybridized carbons (Fsp3) is 0.462. The molecule has 0 aromatic heterocycles. The highest BCUT2D eigenvalue weighted by atomic mass is 16.5. The maximum Gasteiger partial charge on any atom is 0.306 e. The molecule has 3 heteroatoms. The van der Waals surface area contributed by atoms with Gasteiger partial charge in [0.1, 0.15) is 5.75 Å². The van der Waals surface area contributed by atoms with Gasteiger partial charge >= 0.3 is 5.97 Å². The first-order chi connectivity index (χ1) is 7.60. The number of para-hydroxylation sites is 1. The molecule has 16 heavy (non-hydrogen) atoms. The molecule has 1 N–H and O–H groups in total. The van der Waals surface area contributed by atoms with Crippen molar-refractivity contribution < 1.29 is 14.6 Å². The molecule has 0 heterocycles. The van der Waals surface area contributed by atoms with Gasteiger partial charge < -0.3 is 9.84 Å². The number of methoxy groups -OCH3 is 1. The van der Waals surface area contributed by atoms with E-state index in [0.29, 0.717) is 6.42 Å². The molecule has 0 aliphatic carbocycles. The molecule has 0 fully saturated rings. The highest BCUT2D eigenvalue weighted by Crippen LogP contribution is 2.26. The van der Waals surface area contributed by atoms with Crippen LogP contribution in [0.15, 0.2) is 18.2 Å². The largest absolute Gasteiger partial charge is 0.496 e. The second-order valence-electron chi connectivity index (χ2n) is 3.91. The van der Waals surface area contributed by atoms with Crippen LogP contribution in [0.5, 0.6) is 5.75 Å². The number of hydrogen-bond donors (Lipinski definition) is 1. The van der Waals surface area contributed by atoms with Crippen molar-refractivity contribution in [3.63, 3.8) is 0 Å². The van der Waals surface area contributed by atoms with Gasteiger partial charge in [0.2, 0.25) is 0 Å². The average molecular weight is 222 g/mol. The molecule has 0 spiro atoms. The minimum Gasteiger partial charge on any atom is -0.496 e. The Hall–Kier alpha value is -1.51. The molecule has 0 bridgehead atoms. The van der Waals surface area contributed by atoms with Crippen LogP contribution in [0.1, 0.15) is 25.0 Å². The maximum absolute atomic E-state index is 10.8. The number of carbonyl (C=O) groups is 1. The van der Waals surface area contributed by atoms with Gasteiger partial charge in [-0.05, 0) is 24.0 Å². The Morgan fingerprint density at radius 2 is 2.06 bits per heavy atom. The zero-order chi connectivity index (χ0) is 12.1. The second-order valence-corrected chi connectivity index (χ2v) is 3.91. The fourth-order valence-corrected chi connectivity index (χ4v) is 1.76. The molecule has 1 unspecified atom stereocenters. The topological polar surface area (TPSA) is 46.5 Å². The molecule has 0 saturated heterocycles. The van der Waals surface area contributed by atoms with Crippen molar-refractivity contribution in [1.29, 1.82) is 0 Å². The maximum atomic E-state index is 10.8. The lowest BCUT2D eigenvalue weighted by Crippen LogP contribution is -2.13. The quantitative estimate of drug-likeness (QED) is 0.832. The minimum absolute atomic E-state index is 0.388. The molecule has 1 atom stereocenters. The third-order valence-electron chi connectivity index (χ3n) is 2.71. The monoisotopic (exact) mass is 222 g/mol. The van der Waals surface area contributed by atoms with E-state index in [-0.39, 0.29) is 5.92 Å². The SMILES string of the molecule is CCc1cccc(CC(C)C(=O)O)c1OC. The summed E-state index contributed by atoms with van der Waals surface area (Å²) in [6.45, 7) is 3.77. The summed E-state index contributed by atoms with van der Waals surface area (Å²) in [5.74, 6) is -0.330. The van der Waals surface area contributed by atoms with E-state index in [2.05, 4.69) is 6.92 Å². The van der Waals surface area contributed by atoms with E-state index >= 15 is 0 Å². The molecule has 1 rings (SSSR count). The summed E-state index contributed by atoms with van der Waals surface area (Å²) in [7, 11) is 1.63. The van der Waals surface area contributed by atoms with Crippen LogP contribution in [0, 0.1) is 5.92 Å². The van der Waals surface area contributed by atoms with Crippen molar-refractivity contribution in [3.05, 3.63) is 29.3 Å². The predicted octanol–water partition coefficient (Wildman–Crippen LogP) is 2.52. The Morgan fingerprint density at radius 1 is 1.44 bits per heavy atom. The first kappa shape index (κ1) is 12.6. The number of aliphatic carboxylic acids is 1. The van der Waals surface area contributed by atoms with E-state index in [9.17, 15) is 4.79 Å². The Labute approximate surface area is 96.1 Å². The van der Waals surface area contributed by atoms with E-state index in [1.807, 2.05) is 18.2 Å². The zero-order valence-electron chi connectivity index (χ0n) is 9.99. The van der Waals surface area contributed by atoms with Gasteiger partial charge in [0, 0.05) is 0 Å². The third kappa shape index (κ3) is 2.75. The molecule has 0 aliphatic heterocycles. The normalized spacial score (nSPS) is 12.2. The summed E-state index contributed by atoms with van der Waals surface area (Å²) in [6.07, 6.45) is 1.39. The molecular formula is C13H18O3. The number of hydrogen-bond acceptors (Lipinski definition) is 2. The van der Waals surface area contributed by atoms with Gasteiger partial charge in [-0.2, -0.15) is 0 Å². The Morgan fingerprint density at radius 3 is 2.56 bits per heavy atom. The van der Waals surface area contributed by atoms with E-state index in [1.54, 1.807) is 14.0 Å². The van der Waals surface area contributed by atoms with E-state index in [0.717, 1.165) is 23.3 Å². The van der Waals surface area contributed by atoms with Crippen LogP contribution in [0.3, 0.4) is 0 Å². The Balaban J connectivity index is 2.99. The molecule has 1 aromatic rings. The van der Waals surface area contributed by atoms with E-state index in [1.165, 1.54) is 0 Å². The Bertz CT molecular complexity index is 371. The van der Waals surface area contributed by atoms with Crippen LogP contribution >= 0.6 is 0 Å². The standard InChI is InChI=1S/C13H18O3/c1-4-10-6-5-7-11(12(10)16-3)8-9(2)13(14)15/h5-7,9H,4,8H2,1-3H3,(H,14,15). The summed E-state index contributed by atoms with van der Waals surface area (Å²) in [5.41, 5.74) is 2.09. The molecule has 88 valence electrons. The van der Waals surface area contributed by atoms with Crippen molar-refractivity contribution in [3.8, 4) is 5.75 Å². The number of benzene rings is 1. The first-order valence-electron chi connectivity index (χ1n) is 5.47. The lowest BCUT2D eigenvalue weighted by atomic mass is 9.97. The predicted molar refractivity (Wildman–Crippen MR) is 62.9 cm³/mol. The number of ether oxygens (including phenoxy) is 1. The van der Waals surface area contributed by atoms with Gasteiger partial charge in [-0.1, -0.05) is 32.0 Å². The first-order valence-corrected chi connectivity index (χ1v) is 5.47. The molecule has 1 aromatic carbocycles. The van der Waals surface area contributed by atoms with Gasteiger partial charge in [0.25, 0.3) is 0 Å². The van der Waals surface area contributed by atoms with Gasteiger partial charge in [-0.25, -0.2) is 0 Å². The highest BCUT2D eigenvalue weighted by Gasteiger charge is 2.15. The Kier molecular flexibility index (Phi) is 4.35. The van der Waals surface area contributed by atoms with Gasteiger partial charge in [0.05, 0.1) is 13.0 Å². The molecule has 0 radical (unpaired) electrons. The summed E-state index contributed by atoms with van der Waals surface area (Å²) in [6, 6.07) is 5.89. The summed E-state index contributed by atoms with van der Waals surface area (Å²) < 4.78 is 5.36. The van der Waals surface area contributed by atoms with Gasteiger partial charge in [0.15, 0.2) is 0 Å². The number of rotatable bonds is 5. The zero-order valence-corrected chi connectivity index (χ0v) is 9.99. The van der Waals surface area contributed by atoms with Crippen LogP contribution in [0.25, 0.3) is 0 Å². The lowest BCUT2D eigenvalue weighted by Gasteiger charge is -2.14. The highest BCUT2D eigenvalue weighted by molar-refractivity contribution is 5.70. The number of carboxylic acids is 1. The summed E-state index contributed by atoms with van der Waals surface area (Å²) in [4.78, 5) is 10.8. The van der Waals surface area contributed by atoms with Crippen molar-refractivity contribution in [2.24, 2.45) is 5.92 Å². The van der Waals surface area contributed by atoms with E-state index in [4.69, 9.17) is 9.84 Å². The molecule has 3 nitrogen and oxygen atoms in total. The van der Waals surface area contributed by atoms with Crippen LogP contribution in [0.2, 0.25) is 0 Å². The van der Waals surface area contributed by atoms with Crippen LogP contribution in [-0.4, -0.2) is 18.2 Å². The van der Waals surface area contributed by atoms with Crippen molar-refractivity contribution in [2.45, 2.75) is 26.7 Å². The third-order valence-corrected chi connectivity index (χ3v) is 2.71. The average Bonchev–Trinajstić information content (AvgIpc) is 2.28. The summed E-state index contributed by atoms with van der Waals surface area (Å²) in [5, 5.41) is 8.89. The summed E-state index contributed by atoms with van der Waals surface area (Å²) >= 11 is 0. The van der Waals surface area contributed by atoms with Crippen molar-refractivity contribution in [2.75, 3.05) is 7.11 Å². The number of carboxylic acid groups (broad SMARTS) is 1. The van der Waals surface area contributed by atoms with Gasteiger partial charge in [-0.15, -0.1) is 0 Å². The van der Waals surface area contributed by atoms with Crippen molar-refractivity contribution >= 4 is 5.97 Å². The van der Waals surface area contributed by atoms with Gasteiger partial charge in [-0.3, -0.25) is 4.79 Å². The molecule has 0 amide bonds.